The Morgan fingerprint density at radius 2 is 1.57 bits per heavy atom. The summed E-state index contributed by atoms with van der Waals surface area (Å²) in [5.41, 5.74) is 4.26. The van der Waals surface area contributed by atoms with Crippen LogP contribution in [0.25, 0.3) is 11.1 Å². The molecule has 0 aromatic heterocycles. The number of carboxylic acid groups (broad SMARTS) is 1. The molecule has 0 aliphatic rings. The number of hydrogen-bond acceptors (Lipinski definition) is 6. The Labute approximate surface area is 174 Å². The van der Waals surface area contributed by atoms with E-state index in [4.69, 9.17) is 19.8 Å². The number of nitrogens with one attached hydrogen (secondary N) is 1. The van der Waals surface area contributed by atoms with Crippen LogP contribution in [-0.2, 0) is 20.8 Å². The van der Waals surface area contributed by atoms with Crippen LogP contribution < -0.4 is 15.0 Å². The number of amides is 1. The van der Waals surface area contributed by atoms with E-state index in [1.165, 1.54) is 5.48 Å². The van der Waals surface area contributed by atoms with Gasteiger partial charge >= 0.3 is 5.97 Å². The molecule has 3 N–H and O–H groups in total. The molecule has 0 fully saturated rings. The number of carboxylic acids is 1. The molecule has 1 atom stereocenters. The van der Waals surface area contributed by atoms with E-state index in [0.717, 1.165) is 16.7 Å². The fraction of sp³-hybridized carbons (Fsp3) is 0.318. The van der Waals surface area contributed by atoms with Crippen molar-refractivity contribution in [1.82, 2.24) is 5.48 Å². The Bertz CT molecular complexity index is 893. The molecule has 2 rings (SSSR count). The van der Waals surface area contributed by atoms with Crippen molar-refractivity contribution in [2.24, 2.45) is 5.92 Å². The zero-order valence-corrected chi connectivity index (χ0v) is 16.9. The maximum atomic E-state index is 12.4. The highest BCUT2D eigenvalue weighted by molar-refractivity contribution is 5.89. The average Bonchev–Trinajstić information content (AvgIpc) is 2.76. The van der Waals surface area contributed by atoms with Crippen LogP contribution in [0.15, 0.2) is 42.5 Å². The third-order valence-electron chi connectivity index (χ3n) is 4.76. The Morgan fingerprint density at radius 1 is 0.933 bits per heavy atom. The number of Topliss-reactive ketones (excluding diaryl/α,β-unsaturated/α-hetero) is 1. The largest absolute Gasteiger partial charge is 0.493 e. The lowest BCUT2D eigenvalue weighted by Gasteiger charge is -2.13. The van der Waals surface area contributed by atoms with Gasteiger partial charge in [0.2, 0.25) is 5.91 Å². The highest BCUT2D eigenvalue weighted by Gasteiger charge is 2.24. The van der Waals surface area contributed by atoms with E-state index in [1.54, 1.807) is 14.2 Å². The zero-order chi connectivity index (χ0) is 22.1. The summed E-state index contributed by atoms with van der Waals surface area (Å²) >= 11 is 0. The first kappa shape index (κ1) is 22.9. The first-order valence-electron chi connectivity index (χ1n) is 9.36. The van der Waals surface area contributed by atoms with Crippen LogP contribution in [0.2, 0.25) is 0 Å². The summed E-state index contributed by atoms with van der Waals surface area (Å²) in [4.78, 5) is 34.6. The minimum Gasteiger partial charge on any atom is -0.493 e. The van der Waals surface area contributed by atoms with Crippen LogP contribution in [0.5, 0.6) is 11.5 Å². The monoisotopic (exact) mass is 415 g/mol. The number of carbonyl (C=O) groups excluding carboxylic acids is 2. The van der Waals surface area contributed by atoms with Gasteiger partial charge in [-0.1, -0.05) is 30.3 Å². The molecule has 0 aliphatic heterocycles. The number of ketones is 1. The summed E-state index contributed by atoms with van der Waals surface area (Å²) in [6, 6.07) is 13.3. The van der Waals surface area contributed by atoms with Gasteiger partial charge < -0.3 is 14.6 Å². The highest BCUT2D eigenvalue weighted by Crippen LogP contribution is 2.32. The number of aryl methyl sites for hydroxylation is 1. The van der Waals surface area contributed by atoms with E-state index in [0.29, 0.717) is 17.9 Å². The van der Waals surface area contributed by atoms with Gasteiger partial charge in [-0.15, -0.1) is 0 Å². The second-order valence-electron chi connectivity index (χ2n) is 6.77. The molecule has 0 radical (unpaired) electrons. The van der Waals surface area contributed by atoms with Crippen molar-refractivity contribution < 1.29 is 34.2 Å². The number of carbonyl (C=O) groups is 3. The molecule has 0 saturated heterocycles. The third kappa shape index (κ3) is 6.31. The minimum atomic E-state index is -1.17. The topological polar surface area (TPSA) is 122 Å². The number of hydroxylamine groups is 1. The molecule has 30 heavy (non-hydrogen) atoms. The molecule has 0 heterocycles. The lowest BCUT2D eigenvalue weighted by molar-refractivity contribution is -0.142. The van der Waals surface area contributed by atoms with Crippen LogP contribution in [0, 0.1) is 5.92 Å². The summed E-state index contributed by atoms with van der Waals surface area (Å²) in [5, 5.41) is 17.6. The molecule has 0 saturated carbocycles. The van der Waals surface area contributed by atoms with Crippen molar-refractivity contribution in [3.8, 4) is 22.6 Å². The van der Waals surface area contributed by atoms with Gasteiger partial charge in [-0.25, -0.2) is 5.48 Å². The molecular formula is C22H25NO7. The number of rotatable bonds is 11. The van der Waals surface area contributed by atoms with Crippen molar-refractivity contribution in [1.29, 1.82) is 0 Å². The van der Waals surface area contributed by atoms with E-state index in [2.05, 4.69) is 0 Å². The Balaban J connectivity index is 2.03. The van der Waals surface area contributed by atoms with Crippen LogP contribution >= 0.6 is 0 Å². The summed E-state index contributed by atoms with van der Waals surface area (Å²) < 4.78 is 10.6. The predicted molar refractivity (Wildman–Crippen MR) is 109 cm³/mol. The van der Waals surface area contributed by atoms with Gasteiger partial charge in [-0.3, -0.25) is 19.6 Å². The Hall–Kier alpha value is -3.39. The van der Waals surface area contributed by atoms with E-state index in [-0.39, 0.29) is 18.6 Å². The van der Waals surface area contributed by atoms with E-state index < -0.39 is 24.2 Å². The second-order valence-corrected chi connectivity index (χ2v) is 6.77. The fourth-order valence-corrected chi connectivity index (χ4v) is 3.13. The lowest BCUT2D eigenvalue weighted by Crippen LogP contribution is -2.27. The van der Waals surface area contributed by atoms with E-state index in [1.807, 2.05) is 42.5 Å². The first-order valence-corrected chi connectivity index (χ1v) is 9.36. The maximum Gasteiger partial charge on any atom is 0.304 e. The van der Waals surface area contributed by atoms with Crippen molar-refractivity contribution in [3.63, 3.8) is 0 Å². The molecule has 0 spiro atoms. The Kier molecular flexibility index (Phi) is 8.37. The predicted octanol–water partition coefficient (Wildman–Crippen LogP) is 2.86. The summed E-state index contributed by atoms with van der Waals surface area (Å²) in [6.07, 6.45) is -0.293. The summed E-state index contributed by atoms with van der Waals surface area (Å²) in [7, 11) is 3.15. The average molecular weight is 415 g/mol. The van der Waals surface area contributed by atoms with Gasteiger partial charge in [0.15, 0.2) is 11.5 Å². The molecule has 8 nitrogen and oxygen atoms in total. The smallest absolute Gasteiger partial charge is 0.304 e. The van der Waals surface area contributed by atoms with Gasteiger partial charge in [0, 0.05) is 18.8 Å². The normalized spacial score (nSPS) is 11.4. The molecule has 1 unspecified atom stereocenters. The lowest BCUT2D eigenvalue weighted by atomic mass is 9.91. The first-order chi connectivity index (χ1) is 14.4. The SMILES string of the molecule is COc1ccc(-c2ccc(CCC(=O)C(CC(=O)O)CC(=O)NO)cc2)cc1OC. The molecule has 8 heteroatoms. The molecule has 2 aromatic carbocycles. The number of methoxy groups -OCH3 is 2. The molecule has 2 aromatic rings. The van der Waals surface area contributed by atoms with Gasteiger partial charge in [-0.05, 0) is 35.2 Å². The minimum absolute atomic E-state index is 0.104. The van der Waals surface area contributed by atoms with Gasteiger partial charge in [0.05, 0.1) is 20.6 Å². The number of aliphatic carboxylic acids is 1. The van der Waals surface area contributed by atoms with Crippen molar-refractivity contribution in [2.75, 3.05) is 14.2 Å². The van der Waals surface area contributed by atoms with E-state index >= 15 is 0 Å². The Morgan fingerprint density at radius 3 is 2.13 bits per heavy atom. The van der Waals surface area contributed by atoms with Gasteiger partial charge in [0.1, 0.15) is 5.78 Å². The number of benzene rings is 2. The second kappa shape index (κ2) is 11.0. The quantitative estimate of drug-likeness (QED) is 0.381. The molecular weight excluding hydrogens is 390 g/mol. The van der Waals surface area contributed by atoms with Crippen LogP contribution in [-0.4, -0.2) is 42.2 Å². The molecule has 160 valence electrons. The van der Waals surface area contributed by atoms with Crippen LogP contribution in [0.1, 0.15) is 24.8 Å². The highest BCUT2D eigenvalue weighted by atomic mass is 16.5. The summed E-state index contributed by atoms with van der Waals surface area (Å²) in [6.45, 7) is 0. The third-order valence-corrected chi connectivity index (χ3v) is 4.76. The van der Waals surface area contributed by atoms with Crippen LogP contribution in [0.4, 0.5) is 0 Å². The fourth-order valence-electron chi connectivity index (χ4n) is 3.13. The molecule has 1 amide bonds. The standard InChI is InChI=1S/C22H25NO7/c1-29-19-10-8-16(11-20(19)30-2)15-6-3-14(4-7-15)5-9-18(24)17(13-22(26)27)12-21(25)23-28/h3-4,6-8,10-11,17,28H,5,9,12-13H2,1-2H3,(H,23,25)(H,26,27). The van der Waals surface area contributed by atoms with Crippen molar-refractivity contribution >= 4 is 17.7 Å². The van der Waals surface area contributed by atoms with Crippen molar-refractivity contribution in [2.45, 2.75) is 25.7 Å². The number of ether oxygens (including phenoxy) is 2. The van der Waals surface area contributed by atoms with Gasteiger partial charge in [-0.2, -0.15) is 0 Å². The van der Waals surface area contributed by atoms with Crippen LogP contribution in [0.3, 0.4) is 0 Å². The van der Waals surface area contributed by atoms with E-state index in [9.17, 15) is 14.4 Å². The molecule has 0 bridgehead atoms. The molecule has 0 aliphatic carbocycles. The number of hydrogen-bond donors (Lipinski definition) is 3. The summed E-state index contributed by atoms with van der Waals surface area (Å²) in [5.74, 6) is -1.99. The van der Waals surface area contributed by atoms with Crippen molar-refractivity contribution in [3.05, 3.63) is 48.0 Å². The van der Waals surface area contributed by atoms with Gasteiger partial charge in [0.25, 0.3) is 0 Å². The maximum absolute atomic E-state index is 12.4. The zero-order valence-electron chi connectivity index (χ0n) is 16.9.